The summed E-state index contributed by atoms with van der Waals surface area (Å²) in [6.45, 7) is 2.74. The Morgan fingerprint density at radius 1 is 1.04 bits per heavy atom. The zero-order chi connectivity index (χ0) is 33.3. The normalized spacial score (nSPS) is 24.9. The Balaban J connectivity index is 1.61. The van der Waals surface area contributed by atoms with E-state index in [1.165, 1.54) is 35.8 Å². The van der Waals surface area contributed by atoms with Gasteiger partial charge in [0.15, 0.2) is 0 Å². The van der Waals surface area contributed by atoms with E-state index in [1.54, 1.807) is 0 Å². The molecular weight excluding hydrogens is 638 g/mol. The summed E-state index contributed by atoms with van der Waals surface area (Å²) in [5, 5.41) is 10.3. The third-order valence-corrected chi connectivity index (χ3v) is 10.8. The van der Waals surface area contributed by atoms with Crippen LogP contribution in [-0.4, -0.2) is 79.0 Å². The fourth-order valence-corrected chi connectivity index (χ4v) is 8.68. The fraction of sp³-hybridized carbons (Fsp3) is 0.552. The summed E-state index contributed by atoms with van der Waals surface area (Å²) in [5.74, 6) is -1.52. The van der Waals surface area contributed by atoms with E-state index in [1.807, 2.05) is 0 Å². The molecule has 246 valence electrons. The summed E-state index contributed by atoms with van der Waals surface area (Å²) >= 11 is 0. The van der Waals surface area contributed by atoms with E-state index in [4.69, 9.17) is 0 Å². The van der Waals surface area contributed by atoms with Crippen LogP contribution in [0, 0.1) is 5.82 Å². The van der Waals surface area contributed by atoms with Gasteiger partial charge in [-0.05, 0) is 81.0 Å². The van der Waals surface area contributed by atoms with E-state index in [9.17, 15) is 54.0 Å². The first-order valence-electron chi connectivity index (χ1n) is 14.0. The van der Waals surface area contributed by atoms with Gasteiger partial charge < -0.3 is 14.9 Å². The minimum absolute atomic E-state index is 0.0111. The topological polar surface area (TPSA) is 90.8 Å². The average Bonchev–Trinajstić information content (AvgIpc) is 3.51. The number of pyridine rings is 1. The Labute approximate surface area is 255 Å². The molecule has 4 atom stereocenters. The van der Waals surface area contributed by atoms with Gasteiger partial charge in [0.25, 0.3) is 0 Å². The molecule has 2 aliphatic heterocycles. The summed E-state index contributed by atoms with van der Waals surface area (Å²) in [6, 6.07) is 3.01. The van der Waals surface area contributed by atoms with Crippen LogP contribution < -0.4 is 0 Å². The third-order valence-electron chi connectivity index (χ3n) is 8.72. The molecule has 1 N–H and O–H groups in total. The molecule has 0 bridgehead atoms. The predicted octanol–water partition coefficient (Wildman–Crippen LogP) is 4.82. The Morgan fingerprint density at radius 3 is 2.24 bits per heavy atom. The highest BCUT2D eigenvalue weighted by Gasteiger charge is 2.75. The zero-order valence-electron chi connectivity index (χ0n) is 24.0. The van der Waals surface area contributed by atoms with Crippen LogP contribution in [0.15, 0.2) is 41.4 Å². The molecule has 1 aliphatic carbocycles. The average molecular weight is 668 g/mol. The van der Waals surface area contributed by atoms with Crippen molar-refractivity contribution in [2.75, 3.05) is 13.1 Å². The Morgan fingerprint density at radius 2 is 1.67 bits per heavy atom. The van der Waals surface area contributed by atoms with Crippen molar-refractivity contribution in [1.29, 1.82) is 0 Å². The quantitative estimate of drug-likeness (QED) is 0.447. The van der Waals surface area contributed by atoms with Gasteiger partial charge in [-0.3, -0.25) is 18.8 Å². The van der Waals surface area contributed by atoms with Crippen LogP contribution in [0.3, 0.4) is 0 Å². The van der Waals surface area contributed by atoms with Crippen molar-refractivity contribution < 1.29 is 54.0 Å². The molecule has 1 aromatic heterocycles. The van der Waals surface area contributed by atoms with Crippen LogP contribution in [0.4, 0.5) is 35.1 Å². The van der Waals surface area contributed by atoms with Crippen molar-refractivity contribution in [3.8, 4) is 0 Å². The maximum Gasteiger partial charge on any atom is 0.437 e. The number of carbonyl (C=O) groups is 2. The van der Waals surface area contributed by atoms with Gasteiger partial charge in [0.2, 0.25) is 11.8 Å². The first kappa shape index (κ1) is 33.2. The SMILES string of the molecule is CC(C)(O)CN1C(=O)CCC1C(=O)N1CCC2(S(=O)c3ccc(F)cc3)c3cnc(C(F)(C(F)(F)F)C(F)(F)F)cc3CCC12. The van der Waals surface area contributed by atoms with E-state index in [2.05, 4.69) is 4.98 Å². The van der Waals surface area contributed by atoms with Crippen LogP contribution in [0.5, 0.6) is 0 Å². The number of alkyl halides is 7. The molecule has 2 aromatic rings. The molecule has 16 heteroatoms. The maximum atomic E-state index is 14.9. The van der Waals surface area contributed by atoms with Gasteiger partial charge >= 0.3 is 18.0 Å². The number of aromatic nitrogens is 1. The van der Waals surface area contributed by atoms with Gasteiger partial charge in [-0.15, -0.1) is 0 Å². The molecule has 0 spiro atoms. The molecule has 0 saturated carbocycles. The number of nitrogens with zero attached hydrogens (tertiary/aromatic N) is 3. The van der Waals surface area contributed by atoms with Crippen molar-refractivity contribution >= 4 is 22.6 Å². The Bertz CT molecular complexity index is 1510. The second-order valence-corrected chi connectivity index (χ2v) is 14.0. The molecular formula is C29H29F8N3O4S. The lowest BCUT2D eigenvalue weighted by molar-refractivity contribution is -0.350. The first-order valence-corrected chi connectivity index (χ1v) is 15.2. The molecule has 3 aliphatic rings. The molecule has 5 rings (SSSR count). The van der Waals surface area contributed by atoms with Crippen molar-refractivity contribution in [3.05, 3.63) is 59.2 Å². The minimum Gasteiger partial charge on any atom is -0.389 e. The molecule has 1 aromatic carbocycles. The van der Waals surface area contributed by atoms with Gasteiger partial charge in [0, 0.05) is 30.6 Å². The Hall–Kier alpha value is -3.14. The van der Waals surface area contributed by atoms with Crippen molar-refractivity contribution in [2.24, 2.45) is 0 Å². The Kier molecular flexibility index (Phi) is 8.11. The number of hydrogen-bond donors (Lipinski definition) is 1. The summed E-state index contributed by atoms with van der Waals surface area (Å²) in [7, 11) is -2.16. The number of rotatable bonds is 6. The molecule has 3 heterocycles. The highest BCUT2D eigenvalue weighted by atomic mass is 32.2. The van der Waals surface area contributed by atoms with Crippen LogP contribution in [0.1, 0.15) is 56.4 Å². The number of hydrogen-bond acceptors (Lipinski definition) is 5. The number of fused-ring (bicyclic) bond motifs is 3. The summed E-state index contributed by atoms with van der Waals surface area (Å²) < 4.78 is 123. The van der Waals surface area contributed by atoms with Crippen LogP contribution >= 0.6 is 0 Å². The molecule has 2 fully saturated rings. The second kappa shape index (κ2) is 11.0. The smallest absolute Gasteiger partial charge is 0.389 e. The molecule has 45 heavy (non-hydrogen) atoms. The highest BCUT2D eigenvalue weighted by molar-refractivity contribution is 7.86. The number of β-amino-alcohol motifs (C(OH)–C–C–N with tert-alkyl or cyclic N) is 1. The summed E-state index contributed by atoms with van der Waals surface area (Å²) in [5.41, 5.74) is -9.17. The number of aryl methyl sites for hydroxylation is 1. The monoisotopic (exact) mass is 667 g/mol. The second-order valence-electron chi connectivity index (χ2n) is 12.2. The van der Waals surface area contributed by atoms with Gasteiger partial charge in [-0.1, -0.05) is 0 Å². The van der Waals surface area contributed by atoms with E-state index >= 15 is 0 Å². The molecule has 0 radical (unpaired) electrons. The predicted molar refractivity (Wildman–Crippen MR) is 143 cm³/mol. The van der Waals surface area contributed by atoms with E-state index in [0.717, 1.165) is 12.1 Å². The number of halogens is 8. The fourth-order valence-electron chi connectivity index (χ4n) is 6.73. The highest BCUT2D eigenvalue weighted by Crippen LogP contribution is 2.55. The van der Waals surface area contributed by atoms with Gasteiger partial charge in [-0.25, -0.2) is 8.78 Å². The minimum atomic E-state index is -6.39. The summed E-state index contributed by atoms with van der Waals surface area (Å²) in [4.78, 5) is 32.7. The van der Waals surface area contributed by atoms with Crippen LogP contribution in [0.2, 0.25) is 0 Å². The lowest BCUT2D eigenvalue weighted by atomic mass is 9.78. The molecule has 7 nitrogen and oxygen atoms in total. The van der Waals surface area contributed by atoms with Gasteiger partial charge in [0.05, 0.1) is 32.9 Å². The lowest BCUT2D eigenvalue weighted by Crippen LogP contribution is -2.55. The zero-order valence-corrected chi connectivity index (χ0v) is 24.8. The lowest BCUT2D eigenvalue weighted by Gasteiger charge is -2.43. The number of benzene rings is 1. The number of carbonyl (C=O) groups excluding carboxylic acids is 2. The van der Waals surface area contributed by atoms with E-state index in [0.29, 0.717) is 12.3 Å². The maximum absolute atomic E-state index is 14.9. The van der Waals surface area contributed by atoms with Crippen molar-refractivity contribution in [1.82, 2.24) is 14.8 Å². The van der Waals surface area contributed by atoms with Crippen molar-refractivity contribution in [3.63, 3.8) is 0 Å². The van der Waals surface area contributed by atoms with E-state index < -0.39 is 68.7 Å². The molecule has 2 saturated heterocycles. The van der Waals surface area contributed by atoms with Crippen LogP contribution in [0.25, 0.3) is 0 Å². The molecule has 2 amide bonds. The van der Waals surface area contributed by atoms with Gasteiger partial charge in [0.1, 0.15) is 11.9 Å². The largest absolute Gasteiger partial charge is 0.437 e. The van der Waals surface area contributed by atoms with E-state index in [-0.39, 0.29) is 67.1 Å². The van der Waals surface area contributed by atoms with Crippen LogP contribution in [-0.2, 0) is 37.2 Å². The third kappa shape index (κ3) is 5.40. The summed E-state index contributed by atoms with van der Waals surface area (Å²) in [6.07, 6.45) is -12.3. The molecule has 4 unspecified atom stereocenters. The van der Waals surface area contributed by atoms with Crippen molar-refractivity contribution in [2.45, 2.75) is 91.3 Å². The number of likely N-dealkylation sites (tertiary alicyclic amines) is 2. The number of amides is 2. The van der Waals surface area contributed by atoms with Gasteiger partial charge in [-0.2, -0.15) is 26.3 Å². The number of aliphatic hydroxyl groups is 1. The standard InChI is InChI=1S/C29H29F8N3O4S/c1-25(2,43)15-40-20(8-10-23(40)41)24(42)39-12-11-26(45(44)18-6-4-17(30)5-7-18)19-14-38-21(13-16(19)3-9-22(26)39)27(31,28(32,33)34)29(35,36)37/h4-7,13-14,20,22,43H,3,8-12,15H2,1-2H3. The first-order chi connectivity index (χ1) is 20.7.